The fourth-order valence-corrected chi connectivity index (χ4v) is 11.2. The van der Waals surface area contributed by atoms with Gasteiger partial charge in [0.05, 0.1) is 22.1 Å². The lowest BCUT2D eigenvalue weighted by molar-refractivity contribution is 0.768. The van der Waals surface area contributed by atoms with Crippen molar-refractivity contribution in [2.24, 2.45) is 0 Å². The van der Waals surface area contributed by atoms with Gasteiger partial charge in [0.25, 0.3) is 0 Å². The average molecular weight is 879 g/mol. The average Bonchev–Trinajstić information content (AvgIpc) is 3.93. The lowest BCUT2D eigenvalue weighted by Crippen LogP contribution is -2.28. The first-order chi connectivity index (χ1) is 34.2. The third-order valence-electron chi connectivity index (χ3n) is 14.3. The third-order valence-corrected chi connectivity index (χ3v) is 14.3. The van der Waals surface area contributed by atoms with Crippen LogP contribution in [0.5, 0.6) is 0 Å². The quantitative estimate of drug-likeness (QED) is 0.140. The van der Waals surface area contributed by atoms with Gasteiger partial charge in [-0.05, 0) is 116 Å². The second-order valence-electron chi connectivity index (χ2n) is 18.0. The van der Waals surface area contributed by atoms with Crippen molar-refractivity contribution in [1.29, 1.82) is 0 Å². The Kier molecular flexibility index (Phi) is 9.77. The van der Waals surface area contributed by atoms with Crippen molar-refractivity contribution in [3.63, 3.8) is 0 Å². The van der Waals surface area contributed by atoms with Gasteiger partial charge in [0, 0.05) is 33.4 Å². The molecule has 1 aliphatic carbocycles. The number of benzene rings is 11. The first-order valence-electron chi connectivity index (χ1n) is 23.8. The highest BCUT2D eigenvalue weighted by Crippen LogP contribution is 2.58. The number of nitrogens with zero attached hydrogens (tertiary/aromatic N) is 2. The van der Waals surface area contributed by atoms with Crippen LogP contribution in [-0.2, 0) is 5.41 Å². The lowest BCUT2D eigenvalue weighted by Gasteiger charge is -2.34. The Hall–Kier alpha value is -8.98. The summed E-state index contributed by atoms with van der Waals surface area (Å²) in [6, 6.07) is 102. The van der Waals surface area contributed by atoms with E-state index in [9.17, 15) is 0 Å². The molecule has 0 bridgehead atoms. The van der Waals surface area contributed by atoms with Crippen LogP contribution in [0.25, 0.3) is 72.0 Å². The number of aromatic nitrogens is 1. The maximum atomic E-state index is 2.52. The van der Waals surface area contributed by atoms with E-state index in [-0.39, 0.29) is 0 Å². The monoisotopic (exact) mass is 878 g/mol. The molecule has 1 aliphatic rings. The molecule has 0 N–H and O–H groups in total. The first-order valence-corrected chi connectivity index (χ1v) is 23.8. The molecule has 2 heteroatoms. The second kappa shape index (κ2) is 16.7. The van der Waals surface area contributed by atoms with E-state index < -0.39 is 5.41 Å². The third kappa shape index (κ3) is 6.64. The van der Waals surface area contributed by atoms with E-state index in [1.807, 2.05) is 0 Å². The summed E-state index contributed by atoms with van der Waals surface area (Å²) in [6.45, 7) is 0. The number of anilines is 3. The molecular formula is C67H46N2. The highest BCUT2D eigenvalue weighted by molar-refractivity contribution is 6.11. The molecular weight excluding hydrogens is 833 g/mol. The summed E-state index contributed by atoms with van der Waals surface area (Å²) in [5, 5.41) is 2.47. The van der Waals surface area contributed by atoms with Crippen molar-refractivity contribution in [3.05, 3.63) is 301 Å². The summed E-state index contributed by atoms with van der Waals surface area (Å²) < 4.78 is 2.52. The topological polar surface area (TPSA) is 8.17 Å². The molecule has 1 heterocycles. The molecule has 0 aliphatic heterocycles. The van der Waals surface area contributed by atoms with Crippen molar-refractivity contribution < 1.29 is 0 Å². The van der Waals surface area contributed by atoms with Gasteiger partial charge in [-0.1, -0.05) is 224 Å². The van der Waals surface area contributed by atoms with E-state index in [2.05, 4.69) is 289 Å². The Bertz CT molecular complexity index is 3760. The molecule has 0 atom stereocenters. The SMILES string of the molecule is c1ccc(-c2ccc(-c3ccc(N(c4ccccc4)c4cccc(-c5ccc6c7ccccc7n(-c7cccc8c7-c7ccccc7C8(c7ccccc7)c7ccccc7)c6c5)c4)cc3)cc2)cc1. The predicted molar refractivity (Wildman–Crippen MR) is 289 cm³/mol. The molecule has 12 aromatic rings. The number of fused-ring (bicyclic) bond motifs is 6. The minimum absolute atomic E-state index is 0.492. The van der Waals surface area contributed by atoms with Crippen LogP contribution in [0.1, 0.15) is 22.3 Å². The first kappa shape index (κ1) is 40.3. The van der Waals surface area contributed by atoms with Gasteiger partial charge in [0.1, 0.15) is 0 Å². The minimum atomic E-state index is -0.492. The molecule has 11 aromatic carbocycles. The van der Waals surface area contributed by atoms with E-state index >= 15 is 0 Å². The zero-order valence-electron chi connectivity index (χ0n) is 38.0. The molecule has 0 amide bonds. The van der Waals surface area contributed by atoms with Crippen LogP contribution in [0.15, 0.2) is 279 Å². The number of para-hydroxylation sites is 2. The Labute approximate surface area is 403 Å². The van der Waals surface area contributed by atoms with Crippen LogP contribution in [-0.4, -0.2) is 4.57 Å². The van der Waals surface area contributed by atoms with Gasteiger partial charge < -0.3 is 9.47 Å². The van der Waals surface area contributed by atoms with Crippen molar-refractivity contribution in [2.75, 3.05) is 4.90 Å². The standard InChI is InChI=1S/C67H46N2/c1-5-19-47(20-6-1)48-35-37-49(38-36-48)50-39-42-56(43-40-50)68(55-26-11-4-12-27-55)57-28-17-21-51(45-57)52-41-44-59-58-29-14-16-33-63(58)69(65(59)46-52)64-34-18-32-62-66(64)60-30-13-15-31-61(60)67(62,53-22-7-2-8-23-53)54-24-9-3-10-25-54/h1-46H. The highest BCUT2D eigenvalue weighted by atomic mass is 15.1. The maximum absolute atomic E-state index is 2.52. The summed E-state index contributed by atoms with van der Waals surface area (Å²) >= 11 is 0. The molecule has 0 saturated heterocycles. The van der Waals surface area contributed by atoms with Gasteiger partial charge in [0.15, 0.2) is 0 Å². The Morgan fingerprint density at radius 1 is 0.290 bits per heavy atom. The molecule has 324 valence electrons. The van der Waals surface area contributed by atoms with Crippen LogP contribution in [0.3, 0.4) is 0 Å². The van der Waals surface area contributed by atoms with E-state index in [1.54, 1.807) is 0 Å². The van der Waals surface area contributed by atoms with Gasteiger partial charge >= 0.3 is 0 Å². The summed E-state index contributed by atoms with van der Waals surface area (Å²) in [6.07, 6.45) is 0. The van der Waals surface area contributed by atoms with Crippen LogP contribution in [0.2, 0.25) is 0 Å². The second-order valence-corrected chi connectivity index (χ2v) is 18.0. The fourth-order valence-electron chi connectivity index (χ4n) is 11.2. The van der Waals surface area contributed by atoms with Crippen molar-refractivity contribution >= 4 is 38.9 Å². The van der Waals surface area contributed by atoms with Crippen LogP contribution < -0.4 is 4.90 Å². The summed E-state index contributed by atoms with van der Waals surface area (Å²) in [5.74, 6) is 0. The molecule has 0 saturated carbocycles. The number of hydrogen-bond acceptors (Lipinski definition) is 1. The minimum Gasteiger partial charge on any atom is -0.310 e. The summed E-state index contributed by atoms with van der Waals surface area (Å²) in [4.78, 5) is 2.36. The highest BCUT2D eigenvalue weighted by Gasteiger charge is 2.47. The van der Waals surface area contributed by atoms with Crippen molar-refractivity contribution in [3.8, 4) is 50.2 Å². The molecule has 0 spiro atoms. The number of hydrogen-bond donors (Lipinski definition) is 0. The Morgan fingerprint density at radius 3 is 1.45 bits per heavy atom. The Morgan fingerprint density at radius 2 is 0.754 bits per heavy atom. The van der Waals surface area contributed by atoms with Gasteiger partial charge in [-0.15, -0.1) is 0 Å². The molecule has 2 nitrogen and oxygen atoms in total. The van der Waals surface area contributed by atoms with Crippen LogP contribution in [0.4, 0.5) is 17.1 Å². The van der Waals surface area contributed by atoms with Gasteiger partial charge in [-0.25, -0.2) is 0 Å². The van der Waals surface area contributed by atoms with E-state index in [1.165, 1.54) is 83.1 Å². The van der Waals surface area contributed by atoms with E-state index in [0.717, 1.165) is 28.2 Å². The Balaban J connectivity index is 0.939. The summed E-state index contributed by atoms with van der Waals surface area (Å²) in [5.41, 5.74) is 21.1. The summed E-state index contributed by atoms with van der Waals surface area (Å²) in [7, 11) is 0. The van der Waals surface area contributed by atoms with Gasteiger partial charge in [0.2, 0.25) is 0 Å². The molecule has 0 unspecified atom stereocenters. The maximum Gasteiger partial charge on any atom is 0.0714 e. The van der Waals surface area contributed by atoms with Gasteiger partial charge in [-0.3, -0.25) is 0 Å². The van der Waals surface area contributed by atoms with Crippen LogP contribution >= 0.6 is 0 Å². The van der Waals surface area contributed by atoms with E-state index in [4.69, 9.17) is 0 Å². The molecule has 13 rings (SSSR count). The zero-order valence-corrected chi connectivity index (χ0v) is 38.0. The van der Waals surface area contributed by atoms with Crippen molar-refractivity contribution in [2.45, 2.75) is 5.41 Å². The molecule has 69 heavy (non-hydrogen) atoms. The fraction of sp³-hybridized carbons (Fsp3) is 0.0149. The predicted octanol–water partition coefficient (Wildman–Crippen LogP) is 17.6. The lowest BCUT2D eigenvalue weighted by atomic mass is 9.68. The smallest absolute Gasteiger partial charge is 0.0714 e. The zero-order chi connectivity index (χ0) is 45.7. The molecule has 0 radical (unpaired) electrons. The normalized spacial score (nSPS) is 12.5. The number of rotatable bonds is 9. The largest absolute Gasteiger partial charge is 0.310 e. The van der Waals surface area contributed by atoms with Gasteiger partial charge in [-0.2, -0.15) is 0 Å². The van der Waals surface area contributed by atoms with E-state index in [0.29, 0.717) is 0 Å². The van der Waals surface area contributed by atoms with Crippen LogP contribution in [0, 0.1) is 0 Å². The molecule has 0 fully saturated rings. The van der Waals surface area contributed by atoms with Crippen molar-refractivity contribution in [1.82, 2.24) is 4.57 Å². The molecule has 1 aromatic heterocycles.